The van der Waals surface area contributed by atoms with Crippen LogP contribution in [-0.2, 0) is 9.53 Å². The summed E-state index contributed by atoms with van der Waals surface area (Å²) in [5.41, 5.74) is 0.934. The molecule has 0 radical (unpaired) electrons. The molecule has 1 N–H and O–H groups in total. The zero-order valence-corrected chi connectivity index (χ0v) is 12.5. The van der Waals surface area contributed by atoms with E-state index in [0.29, 0.717) is 19.0 Å². The van der Waals surface area contributed by atoms with Gasteiger partial charge in [-0.1, -0.05) is 13.0 Å². The Bertz CT molecular complexity index is 533. The van der Waals surface area contributed by atoms with Crippen LogP contribution < -0.4 is 0 Å². The van der Waals surface area contributed by atoms with E-state index in [2.05, 4.69) is 6.92 Å². The summed E-state index contributed by atoms with van der Waals surface area (Å²) in [5.74, 6) is -0.339. The predicted molar refractivity (Wildman–Crippen MR) is 78.1 cm³/mol. The molecule has 0 atom stereocenters. The summed E-state index contributed by atoms with van der Waals surface area (Å²) >= 11 is 0. The van der Waals surface area contributed by atoms with Crippen LogP contribution in [0.2, 0.25) is 0 Å². The molecular formula is C16H21NO4. The highest BCUT2D eigenvalue weighted by molar-refractivity contribution is 5.93. The monoisotopic (exact) mass is 291 g/mol. The number of likely N-dealkylation sites (tertiary alicyclic amines) is 1. The van der Waals surface area contributed by atoms with Crippen LogP contribution in [0, 0.1) is 12.8 Å². The van der Waals surface area contributed by atoms with Crippen molar-refractivity contribution in [1.82, 2.24) is 4.90 Å². The molecule has 1 aliphatic heterocycles. The van der Waals surface area contributed by atoms with Crippen LogP contribution in [0.3, 0.4) is 0 Å². The lowest BCUT2D eigenvalue weighted by molar-refractivity contribution is -0.135. The van der Waals surface area contributed by atoms with Gasteiger partial charge in [-0.2, -0.15) is 0 Å². The molecule has 5 heteroatoms. The van der Waals surface area contributed by atoms with Gasteiger partial charge in [0, 0.05) is 13.1 Å². The molecule has 1 heterocycles. The van der Waals surface area contributed by atoms with Gasteiger partial charge in [-0.15, -0.1) is 0 Å². The maximum absolute atomic E-state index is 12.0. The third-order valence-corrected chi connectivity index (χ3v) is 3.84. The van der Waals surface area contributed by atoms with Gasteiger partial charge >= 0.3 is 5.97 Å². The fourth-order valence-electron chi connectivity index (χ4n) is 2.37. The summed E-state index contributed by atoms with van der Waals surface area (Å²) in [5, 5.41) is 9.71. The van der Waals surface area contributed by atoms with E-state index >= 15 is 0 Å². The highest BCUT2D eigenvalue weighted by Gasteiger charge is 2.22. The Morgan fingerprint density at radius 2 is 2.00 bits per heavy atom. The Balaban J connectivity index is 1.87. The van der Waals surface area contributed by atoms with Gasteiger partial charge in [-0.25, -0.2) is 4.79 Å². The van der Waals surface area contributed by atoms with E-state index in [-0.39, 0.29) is 23.8 Å². The quantitative estimate of drug-likeness (QED) is 0.866. The topological polar surface area (TPSA) is 66.8 Å². The van der Waals surface area contributed by atoms with Gasteiger partial charge in [-0.05, 0) is 43.4 Å². The second-order valence-corrected chi connectivity index (χ2v) is 5.66. The van der Waals surface area contributed by atoms with Gasteiger partial charge in [0.25, 0.3) is 5.91 Å². The molecule has 21 heavy (non-hydrogen) atoms. The van der Waals surface area contributed by atoms with Crippen LogP contribution >= 0.6 is 0 Å². The van der Waals surface area contributed by atoms with Crippen LogP contribution in [-0.4, -0.2) is 41.6 Å². The van der Waals surface area contributed by atoms with Crippen LogP contribution in [0.4, 0.5) is 0 Å². The van der Waals surface area contributed by atoms with Gasteiger partial charge < -0.3 is 14.7 Å². The molecular weight excluding hydrogens is 270 g/mol. The number of ether oxygens (including phenoxy) is 1. The van der Waals surface area contributed by atoms with E-state index in [1.54, 1.807) is 11.0 Å². The summed E-state index contributed by atoms with van der Waals surface area (Å²) in [6.07, 6.45) is 1.97. The third-order valence-electron chi connectivity index (χ3n) is 3.84. The van der Waals surface area contributed by atoms with Crippen molar-refractivity contribution >= 4 is 11.9 Å². The average Bonchev–Trinajstić information content (AvgIpc) is 2.45. The number of nitrogens with zero attached hydrogens (tertiary/aromatic N) is 1. The molecule has 5 nitrogen and oxygen atoms in total. The van der Waals surface area contributed by atoms with Crippen LogP contribution in [0.5, 0.6) is 5.75 Å². The largest absolute Gasteiger partial charge is 0.507 e. The zero-order valence-electron chi connectivity index (χ0n) is 12.5. The lowest BCUT2D eigenvalue weighted by atomic mass is 9.99. The summed E-state index contributed by atoms with van der Waals surface area (Å²) in [6.45, 7) is 5.14. The van der Waals surface area contributed by atoms with E-state index in [9.17, 15) is 14.7 Å². The molecule has 2 rings (SSSR count). The Morgan fingerprint density at radius 3 is 2.62 bits per heavy atom. The molecule has 1 aliphatic rings. The number of esters is 1. The number of phenols is 1. The van der Waals surface area contributed by atoms with E-state index in [1.807, 2.05) is 6.92 Å². The van der Waals surface area contributed by atoms with E-state index in [0.717, 1.165) is 18.4 Å². The Labute approximate surface area is 124 Å². The minimum atomic E-state index is -0.675. The fraction of sp³-hybridized carbons (Fsp3) is 0.500. The first-order chi connectivity index (χ1) is 9.97. The number of piperidine rings is 1. The molecule has 0 saturated carbocycles. The van der Waals surface area contributed by atoms with Crippen molar-refractivity contribution in [2.24, 2.45) is 5.92 Å². The maximum atomic E-state index is 12.0. The normalized spacial score (nSPS) is 15.8. The Kier molecular flexibility index (Phi) is 4.83. The number of carbonyl (C=O) groups excluding carboxylic acids is 2. The second kappa shape index (κ2) is 6.61. The number of carbonyl (C=O) groups is 2. The number of aryl methyl sites for hydroxylation is 1. The van der Waals surface area contributed by atoms with E-state index in [1.165, 1.54) is 12.1 Å². The molecule has 0 aliphatic carbocycles. The maximum Gasteiger partial charge on any atom is 0.342 e. The minimum Gasteiger partial charge on any atom is -0.507 e. The van der Waals surface area contributed by atoms with Crippen molar-refractivity contribution in [1.29, 1.82) is 0 Å². The SMILES string of the molecule is Cc1ccc(C(=O)OCC(=O)N2CCC(C)CC2)c(O)c1. The Morgan fingerprint density at radius 1 is 1.33 bits per heavy atom. The number of hydrogen-bond donors (Lipinski definition) is 1. The summed E-state index contributed by atoms with van der Waals surface area (Å²) in [7, 11) is 0. The van der Waals surface area contributed by atoms with Crippen molar-refractivity contribution in [3.8, 4) is 5.75 Å². The molecule has 0 aromatic heterocycles. The first-order valence-electron chi connectivity index (χ1n) is 7.22. The highest BCUT2D eigenvalue weighted by Crippen LogP contribution is 2.20. The number of aromatic hydroxyl groups is 1. The number of phenolic OH excluding ortho intramolecular Hbond substituents is 1. The molecule has 0 unspecified atom stereocenters. The van der Waals surface area contributed by atoms with E-state index in [4.69, 9.17) is 4.74 Å². The highest BCUT2D eigenvalue weighted by atomic mass is 16.5. The molecule has 1 aromatic carbocycles. The van der Waals surface area contributed by atoms with Gasteiger partial charge in [0.05, 0.1) is 0 Å². The van der Waals surface area contributed by atoms with Gasteiger partial charge in [0.2, 0.25) is 0 Å². The van der Waals surface area contributed by atoms with Crippen LogP contribution in [0.1, 0.15) is 35.7 Å². The van der Waals surface area contributed by atoms with Crippen LogP contribution in [0.25, 0.3) is 0 Å². The van der Waals surface area contributed by atoms with Crippen molar-refractivity contribution in [3.63, 3.8) is 0 Å². The number of benzene rings is 1. The molecule has 1 amide bonds. The summed E-state index contributed by atoms with van der Waals surface area (Å²) < 4.78 is 5.00. The van der Waals surface area contributed by atoms with Crippen LogP contribution in [0.15, 0.2) is 18.2 Å². The molecule has 114 valence electrons. The van der Waals surface area contributed by atoms with Crippen molar-refractivity contribution in [2.75, 3.05) is 19.7 Å². The van der Waals surface area contributed by atoms with Gasteiger partial charge in [0.15, 0.2) is 6.61 Å². The van der Waals surface area contributed by atoms with Crippen molar-refractivity contribution in [2.45, 2.75) is 26.7 Å². The first kappa shape index (κ1) is 15.4. The molecule has 0 bridgehead atoms. The van der Waals surface area contributed by atoms with Crippen molar-refractivity contribution < 1.29 is 19.4 Å². The predicted octanol–water partition coefficient (Wildman–Crippen LogP) is 2.12. The smallest absolute Gasteiger partial charge is 0.342 e. The lowest BCUT2D eigenvalue weighted by Gasteiger charge is -2.30. The van der Waals surface area contributed by atoms with Crippen molar-refractivity contribution in [3.05, 3.63) is 29.3 Å². The molecule has 1 saturated heterocycles. The van der Waals surface area contributed by atoms with E-state index < -0.39 is 5.97 Å². The van der Waals surface area contributed by atoms with Gasteiger partial charge in [-0.3, -0.25) is 4.79 Å². The number of hydrogen-bond acceptors (Lipinski definition) is 4. The van der Waals surface area contributed by atoms with Gasteiger partial charge in [0.1, 0.15) is 11.3 Å². The summed E-state index contributed by atoms with van der Waals surface area (Å²) in [4.78, 5) is 25.6. The standard InChI is InChI=1S/C16H21NO4/c1-11-5-7-17(8-6-11)15(19)10-21-16(20)13-4-3-12(2)9-14(13)18/h3-4,9,11,18H,5-8,10H2,1-2H3. The number of rotatable bonds is 3. The Hall–Kier alpha value is -2.04. The third kappa shape index (κ3) is 3.97. The first-order valence-corrected chi connectivity index (χ1v) is 7.22. The molecule has 0 spiro atoms. The second-order valence-electron chi connectivity index (χ2n) is 5.66. The number of amides is 1. The minimum absolute atomic E-state index is 0.0840. The molecule has 1 fully saturated rings. The summed E-state index contributed by atoms with van der Waals surface area (Å²) in [6, 6.07) is 4.70. The lowest BCUT2D eigenvalue weighted by Crippen LogP contribution is -2.40. The average molecular weight is 291 g/mol. The molecule has 1 aromatic rings. The fourth-order valence-corrected chi connectivity index (χ4v) is 2.37. The zero-order chi connectivity index (χ0) is 15.4.